The van der Waals surface area contributed by atoms with E-state index in [1.54, 1.807) is 32.2 Å². The minimum Gasteiger partial charge on any atom is -0.481 e. The lowest BCUT2D eigenvalue weighted by Gasteiger charge is -2.04. The number of aryl methyl sites for hydroxylation is 1. The highest BCUT2D eigenvalue weighted by atomic mass is 19.1. The van der Waals surface area contributed by atoms with Crippen molar-refractivity contribution in [2.75, 3.05) is 7.11 Å². The second kappa shape index (κ2) is 4.26. The third kappa shape index (κ3) is 2.16. The first kappa shape index (κ1) is 10.5. The molecule has 0 saturated carbocycles. The molecule has 2 rings (SSSR count). The van der Waals surface area contributed by atoms with Crippen LogP contribution in [-0.4, -0.2) is 17.1 Å². The van der Waals surface area contributed by atoms with E-state index in [1.807, 2.05) is 0 Å². The second-order valence-corrected chi connectivity index (χ2v) is 3.35. The molecule has 0 bridgehead atoms. The molecule has 0 amide bonds. The third-order valence-electron chi connectivity index (χ3n) is 2.16. The molecule has 1 aromatic heterocycles. The Balaban J connectivity index is 2.47. The van der Waals surface area contributed by atoms with Crippen molar-refractivity contribution < 1.29 is 9.13 Å². The normalized spacial score (nSPS) is 10.2. The Kier molecular flexibility index (Phi) is 2.81. The number of hydrogen-bond acceptors (Lipinski definition) is 3. The monoisotopic (exact) mass is 218 g/mol. The summed E-state index contributed by atoms with van der Waals surface area (Å²) in [6, 6.07) is 7.88. The molecule has 0 fully saturated rings. The SMILES string of the molecule is COc1cc(-c2ccc(F)cc2)nc(C)n1. The summed E-state index contributed by atoms with van der Waals surface area (Å²) in [5, 5.41) is 0. The molecule has 1 aromatic carbocycles. The Labute approximate surface area is 92.9 Å². The van der Waals surface area contributed by atoms with Crippen LogP contribution < -0.4 is 4.74 Å². The third-order valence-corrected chi connectivity index (χ3v) is 2.16. The molecule has 4 heteroatoms. The van der Waals surface area contributed by atoms with Gasteiger partial charge in [-0.3, -0.25) is 0 Å². The van der Waals surface area contributed by atoms with Crippen molar-refractivity contribution in [3.8, 4) is 17.1 Å². The van der Waals surface area contributed by atoms with E-state index in [0.717, 1.165) is 11.3 Å². The van der Waals surface area contributed by atoms with Crippen LogP contribution in [0.1, 0.15) is 5.82 Å². The average Bonchev–Trinajstić information content (AvgIpc) is 2.29. The van der Waals surface area contributed by atoms with Crippen LogP contribution in [0, 0.1) is 12.7 Å². The number of aromatic nitrogens is 2. The van der Waals surface area contributed by atoms with Gasteiger partial charge in [-0.25, -0.2) is 9.37 Å². The van der Waals surface area contributed by atoms with Crippen LogP contribution in [0.5, 0.6) is 5.88 Å². The van der Waals surface area contributed by atoms with Gasteiger partial charge in [0.2, 0.25) is 5.88 Å². The van der Waals surface area contributed by atoms with Crippen LogP contribution in [-0.2, 0) is 0 Å². The molecule has 2 aromatic rings. The van der Waals surface area contributed by atoms with Crippen LogP contribution in [0.3, 0.4) is 0 Å². The molecule has 1 heterocycles. The second-order valence-electron chi connectivity index (χ2n) is 3.35. The van der Waals surface area contributed by atoms with E-state index in [4.69, 9.17) is 4.74 Å². The number of hydrogen-bond donors (Lipinski definition) is 0. The van der Waals surface area contributed by atoms with E-state index in [1.165, 1.54) is 12.1 Å². The number of ether oxygens (including phenoxy) is 1. The minimum atomic E-state index is -0.263. The van der Waals surface area contributed by atoms with Gasteiger partial charge in [-0.2, -0.15) is 4.98 Å². The lowest BCUT2D eigenvalue weighted by atomic mass is 10.1. The molecule has 0 aliphatic heterocycles. The zero-order chi connectivity index (χ0) is 11.5. The quantitative estimate of drug-likeness (QED) is 0.777. The predicted octanol–water partition coefficient (Wildman–Crippen LogP) is 2.60. The van der Waals surface area contributed by atoms with Gasteiger partial charge in [0.25, 0.3) is 0 Å². The number of halogens is 1. The largest absolute Gasteiger partial charge is 0.481 e. The molecule has 82 valence electrons. The van der Waals surface area contributed by atoms with E-state index in [0.29, 0.717) is 11.7 Å². The molecule has 0 unspecified atom stereocenters. The Morgan fingerprint density at radius 3 is 2.44 bits per heavy atom. The molecular formula is C12H11FN2O. The highest BCUT2D eigenvalue weighted by Gasteiger charge is 2.04. The summed E-state index contributed by atoms with van der Waals surface area (Å²) < 4.78 is 17.8. The molecule has 0 aliphatic rings. The number of benzene rings is 1. The van der Waals surface area contributed by atoms with Crippen LogP contribution in [0.25, 0.3) is 11.3 Å². The van der Waals surface area contributed by atoms with Gasteiger partial charge in [-0.05, 0) is 31.2 Å². The van der Waals surface area contributed by atoms with Crippen molar-refractivity contribution >= 4 is 0 Å². The van der Waals surface area contributed by atoms with Gasteiger partial charge >= 0.3 is 0 Å². The summed E-state index contributed by atoms with van der Waals surface area (Å²) in [5.41, 5.74) is 1.56. The van der Waals surface area contributed by atoms with Gasteiger partial charge < -0.3 is 4.74 Å². The molecule has 0 atom stereocenters. The molecule has 0 N–H and O–H groups in total. The van der Waals surface area contributed by atoms with Crippen LogP contribution >= 0.6 is 0 Å². The highest BCUT2D eigenvalue weighted by Crippen LogP contribution is 2.20. The summed E-state index contributed by atoms with van der Waals surface area (Å²) in [6.07, 6.45) is 0. The Hall–Kier alpha value is -1.97. The molecule has 3 nitrogen and oxygen atoms in total. The maximum Gasteiger partial charge on any atom is 0.216 e. The fourth-order valence-electron chi connectivity index (χ4n) is 1.41. The summed E-state index contributed by atoms with van der Waals surface area (Å²) in [5.74, 6) is 0.868. The van der Waals surface area contributed by atoms with Crippen molar-refractivity contribution in [1.29, 1.82) is 0 Å². The van der Waals surface area contributed by atoms with E-state index >= 15 is 0 Å². The van der Waals surface area contributed by atoms with Crippen molar-refractivity contribution in [2.24, 2.45) is 0 Å². The fourth-order valence-corrected chi connectivity index (χ4v) is 1.41. The maximum absolute atomic E-state index is 12.8. The van der Waals surface area contributed by atoms with Crippen LogP contribution in [0.15, 0.2) is 30.3 Å². The zero-order valence-electron chi connectivity index (χ0n) is 9.07. The summed E-state index contributed by atoms with van der Waals surface area (Å²) in [4.78, 5) is 8.36. The zero-order valence-corrected chi connectivity index (χ0v) is 9.07. The predicted molar refractivity (Wildman–Crippen MR) is 58.7 cm³/mol. The van der Waals surface area contributed by atoms with Gasteiger partial charge in [-0.15, -0.1) is 0 Å². The van der Waals surface area contributed by atoms with Gasteiger partial charge in [0.1, 0.15) is 11.6 Å². The van der Waals surface area contributed by atoms with Crippen LogP contribution in [0.4, 0.5) is 4.39 Å². The minimum absolute atomic E-state index is 0.263. The highest BCUT2D eigenvalue weighted by molar-refractivity contribution is 5.59. The molecule has 0 radical (unpaired) electrons. The maximum atomic E-state index is 12.8. The van der Waals surface area contributed by atoms with E-state index in [2.05, 4.69) is 9.97 Å². The first-order chi connectivity index (χ1) is 7.69. The molecule has 16 heavy (non-hydrogen) atoms. The molecule has 0 spiro atoms. The van der Waals surface area contributed by atoms with Crippen molar-refractivity contribution in [3.05, 3.63) is 42.0 Å². The van der Waals surface area contributed by atoms with Gasteiger partial charge in [-0.1, -0.05) is 0 Å². The van der Waals surface area contributed by atoms with E-state index in [-0.39, 0.29) is 5.82 Å². The fraction of sp³-hybridized carbons (Fsp3) is 0.167. The summed E-state index contributed by atoms with van der Waals surface area (Å²) >= 11 is 0. The number of rotatable bonds is 2. The Morgan fingerprint density at radius 1 is 1.12 bits per heavy atom. The first-order valence-corrected chi connectivity index (χ1v) is 4.84. The van der Waals surface area contributed by atoms with E-state index in [9.17, 15) is 4.39 Å². The number of nitrogens with zero attached hydrogens (tertiary/aromatic N) is 2. The smallest absolute Gasteiger partial charge is 0.216 e. The Bertz CT molecular complexity index is 497. The average molecular weight is 218 g/mol. The molecule has 0 aliphatic carbocycles. The standard InChI is InChI=1S/C12H11FN2O/c1-8-14-11(7-12(15-8)16-2)9-3-5-10(13)6-4-9/h3-7H,1-2H3. The lowest BCUT2D eigenvalue weighted by molar-refractivity contribution is 0.396. The summed E-state index contributed by atoms with van der Waals surface area (Å²) in [6.45, 7) is 1.79. The van der Waals surface area contributed by atoms with Crippen molar-refractivity contribution in [3.63, 3.8) is 0 Å². The lowest BCUT2D eigenvalue weighted by Crippen LogP contribution is -1.95. The molecule has 0 saturated heterocycles. The first-order valence-electron chi connectivity index (χ1n) is 4.84. The summed E-state index contributed by atoms with van der Waals surface area (Å²) in [7, 11) is 1.55. The molecular weight excluding hydrogens is 207 g/mol. The Morgan fingerprint density at radius 2 is 1.81 bits per heavy atom. The van der Waals surface area contributed by atoms with Crippen molar-refractivity contribution in [1.82, 2.24) is 9.97 Å². The van der Waals surface area contributed by atoms with Crippen molar-refractivity contribution in [2.45, 2.75) is 6.92 Å². The van der Waals surface area contributed by atoms with Crippen LogP contribution in [0.2, 0.25) is 0 Å². The van der Waals surface area contributed by atoms with Gasteiger partial charge in [0, 0.05) is 11.6 Å². The number of methoxy groups -OCH3 is 1. The van der Waals surface area contributed by atoms with Gasteiger partial charge in [0.15, 0.2) is 0 Å². The topological polar surface area (TPSA) is 35.0 Å². The van der Waals surface area contributed by atoms with E-state index < -0.39 is 0 Å². The van der Waals surface area contributed by atoms with Gasteiger partial charge in [0.05, 0.1) is 12.8 Å².